The summed E-state index contributed by atoms with van der Waals surface area (Å²) < 4.78 is 41.8. The molecule has 100 valence electrons. The van der Waals surface area contributed by atoms with Crippen LogP contribution in [0.25, 0.3) is 0 Å². The molecule has 18 heavy (non-hydrogen) atoms. The van der Waals surface area contributed by atoms with Crippen LogP contribution in [0.3, 0.4) is 0 Å². The van der Waals surface area contributed by atoms with Gasteiger partial charge in [-0.15, -0.1) is 0 Å². The first kappa shape index (κ1) is 15.2. The molecule has 1 aromatic carbocycles. The molecule has 0 radical (unpaired) electrons. The van der Waals surface area contributed by atoms with E-state index in [4.69, 9.17) is 11.6 Å². The zero-order valence-corrected chi connectivity index (χ0v) is 10.9. The number of ether oxygens (including phenoxy) is 1. The Morgan fingerprint density at radius 2 is 1.94 bits per heavy atom. The summed E-state index contributed by atoms with van der Waals surface area (Å²) in [7, 11) is 0. The normalized spacial score (nSPS) is 13.2. The number of esters is 1. The van der Waals surface area contributed by atoms with E-state index >= 15 is 0 Å². The summed E-state index contributed by atoms with van der Waals surface area (Å²) in [6.07, 6.45) is 0. The van der Waals surface area contributed by atoms with Crippen molar-refractivity contribution >= 4 is 29.3 Å². The number of halogens is 4. The SMILES string of the molecule is CCOC(=O)[C@@H](SC(F)(F)F)c1ccc(Cl)cc1. The highest BCUT2D eigenvalue weighted by molar-refractivity contribution is 8.01. The monoisotopic (exact) mass is 298 g/mol. The number of alkyl halides is 3. The number of carbonyl (C=O) groups is 1. The van der Waals surface area contributed by atoms with Gasteiger partial charge in [0, 0.05) is 5.02 Å². The molecule has 0 unspecified atom stereocenters. The van der Waals surface area contributed by atoms with E-state index < -0.39 is 28.5 Å². The number of carbonyl (C=O) groups excluding carboxylic acids is 1. The zero-order valence-electron chi connectivity index (χ0n) is 9.33. The highest BCUT2D eigenvalue weighted by Gasteiger charge is 2.38. The van der Waals surface area contributed by atoms with Gasteiger partial charge in [-0.05, 0) is 36.4 Å². The quantitative estimate of drug-likeness (QED) is 0.779. The van der Waals surface area contributed by atoms with Crippen LogP contribution < -0.4 is 0 Å². The van der Waals surface area contributed by atoms with E-state index in [1.165, 1.54) is 31.2 Å². The highest BCUT2D eigenvalue weighted by Crippen LogP contribution is 2.42. The molecule has 0 aliphatic rings. The van der Waals surface area contributed by atoms with Gasteiger partial charge in [0.15, 0.2) is 0 Å². The summed E-state index contributed by atoms with van der Waals surface area (Å²) in [5, 5.41) is -1.04. The molecule has 0 aliphatic carbocycles. The average Bonchev–Trinajstić information content (AvgIpc) is 2.26. The third-order valence-corrected chi connectivity index (χ3v) is 3.14. The predicted octanol–water partition coefficient (Wildman–Crippen LogP) is 4.20. The van der Waals surface area contributed by atoms with Crippen molar-refractivity contribution < 1.29 is 22.7 Å². The Hall–Kier alpha value is -0.880. The van der Waals surface area contributed by atoms with Crippen LogP contribution in [0.15, 0.2) is 24.3 Å². The number of rotatable bonds is 4. The second-order valence-electron chi connectivity index (χ2n) is 3.25. The lowest BCUT2D eigenvalue weighted by molar-refractivity contribution is -0.142. The molecule has 0 saturated heterocycles. The van der Waals surface area contributed by atoms with Gasteiger partial charge in [-0.3, -0.25) is 4.79 Å². The zero-order chi connectivity index (χ0) is 13.8. The Morgan fingerprint density at radius 3 is 2.39 bits per heavy atom. The molecule has 0 spiro atoms. The third-order valence-electron chi connectivity index (χ3n) is 1.92. The van der Waals surface area contributed by atoms with E-state index in [9.17, 15) is 18.0 Å². The fourth-order valence-corrected chi connectivity index (χ4v) is 2.09. The fraction of sp³-hybridized carbons (Fsp3) is 0.364. The molecular formula is C11H10ClF3O2S. The maximum Gasteiger partial charge on any atom is 0.442 e. The van der Waals surface area contributed by atoms with E-state index in [-0.39, 0.29) is 12.2 Å². The van der Waals surface area contributed by atoms with Gasteiger partial charge in [0.2, 0.25) is 0 Å². The van der Waals surface area contributed by atoms with Crippen molar-refractivity contribution in [2.24, 2.45) is 0 Å². The van der Waals surface area contributed by atoms with Crippen LogP contribution in [0.1, 0.15) is 17.7 Å². The van der Waals surface area contributed by atoms with E-state index in [0.717, 1.165) is 0 Å². The van der Waals surface area contributed by atoms with Gasteiger partial charge >= 0.3 is 11.5 Å². The van der Waals surface area contributed by atoms with E-state index in [1.54, 1.807) is 0 Å². The number of thioether (sulfide) groups is 1. The molecule has 0 amide bonds. The summed E-state index contributed by atoms with van der Waals surface area (Å²) in [4.78, 5) is 11.5. The van der Waals surface area contributed by atoms with Gasteiger partial charge in [-0.2, -0.15) is 13.2 Å². The summed E-state index contributed by atoms with van der Waals surface area (Å²) in [6, 6.07) is 5.62. The van der Waals surface area contributed by atoms with Crippen LogP contribution in [-0.4, -0.2) is 18.1 Å². The Bertz CT molecular complexity index is 406. The second-order valence-corrected chi connectivity index (χ2v) is 4.85. The van der Waals surface area contributed by atoms with Crippen LogP contribution in [-0.2, 0) is 9.53 Å². The van der Waals surface area contributed by atoms with Crippen LogP contribution >= 0.6 is 23.4 Å². The van der Waals surface area contributed by atoms with E-state index in [2.05, 4.69) is 4.74 Å². The fourth-order valence-electron chi connectivity index (χ4n) is 1.24. The molecule has 1 rings (SSSR count). The van der Waals surface area contributed by atoms with Crippen molar-refractivity contribution in [3.8, 4) is 0 Å². The molecule has 1 aromatic rings. The van der Waals surface area contributed by atoms with E-state index in [1.807, 2.05) is 0 Å². The minimum absolute atomic E-state index is 0.0291. The van der Waals surface area contributed by atoms with Crippen LogP contribution in [0, 0.1) is 0 Å². The molecule has 0 bridgehead atoms. The summed E-state index contributed by atoms with van der Waals surface area (Å²) in [6.45, 7) is 1.57. The van der Waals surface area contributed by atoms with Crippen LogP contribution in [0.5, 0.6) is 0 Å². The lowest BCUT2D eigenvalue weighted by Crippen LogP contribution is -2.17. The smallest absolute Gasteiger partial charge is 0.442 e. The van der Waals surface area contributed by atoms with Gasteiger partial charge in [0.05, 0.1) is 6.61 Å². The summed E-state index contributed by atoms with van der Waals surface area (Å²) in [5.74, 6) is -0.915. The van der Waals surface area contributed by atoms with Gasteiger partial charge in [-0.1, -0.05) is 23.7 Å². The maximum atomic E-state index is 12.4. The molecule has 1 atom stereocenters. The molecule has 0 aromatic heterocycles. The molecule has 2 nitrogen and oxygen atoms in total. The maximum absolute atomic E-state index is 12.4. The van der Waals surface area contributed by atoms with Crippen LogP contribution in [0.2, 0.25) is 5.02 Å². The van der Waals surface area contributed by atoms with Gasteiger partial charge in [0.25, 0.3) is 0 Å². The molecule has 0 saturated carbocycles. The molecule has 0 aliphatic heterocycles. The predicted molar refractivity (Wildman–Crippen MR) is 64.5 cm³/mol. The highest BCUT2D eigenvalue weighted by atomic mass is 35.5. The minimum Gasteiger partial charge on any atom is -0.465 e. The first-order chi connectivity index (χ1) is 8.33. The number of hydrogen-bond donors (Lipinski definition) is 0. The Kier molecular flexibility index (Phi) is 5.34. The Balaban J connectivity index is 2.96. The van der Waals surface area contributed by atoms with Crippen molar-refractivity contribution in [1.82, 2.24) is 0 Å². The molecule has 7 heteroatoms. The van der Waals surface area contributed by atoms with E-state index in [0.29, 0.717) is 5.02 Å². The van der Waals surface area contributed by atoms with Gasteiger partial charge in [0.1, 0.15) is 5.25 Å². The van der Waals surface area contributed by atoms with Gasteiger partial charge in [-0.25, -0.2) is 0 Å². The number of hydrogen-bond acceptors (Lipinski definition) is 3. The molecular weight excluding hydrogens is 289 g/mol. The summed E-state index contributed by atoms with van der Waals surface area (Å²) >= 11 is 5.24. The van der Waals surface area contributed by atoms with Crippen molar-refractivity contribution in [3.05, 3.63) is 34.9 Å². The van der Waals surface area contributed by atoms with Crippen molar-refractivity contribution in [2.45, 2.75) is 17.7 Å². The summed E-state index contributed by atoms with van der Waals surface area (Å²) in [5.41, 5.74) is -4.31. The molecule has 0 heterocycles. The Labute approximate surface area is 111 Å². The van der Waals surface area contributed by atoms with Crippen molar-refractivity contribution in [3.63, 3.8) is 0 Å². The lowest BCUT2D eigenvalue weighted by Gasteiger charge is -2.17. The van der Waals surface area contributed by atoms with Gasteiger partial charge < -0.3 is 4.74 Å². The van der Waals surface area contributed by atoms with Crippen molar-refractivity contribution in [1.29, 1.82) is 0 Å². The molecule has 0 fully saturated rings. The van der Waals surface area contributed by atoms with Crippen LogP contribution in [0.4, 0.5) is 13.2 Å². The van der Waals surface area contributed by atoms with Crippen molar-refractivity contribution in [2.75, 3.05) is 6.61 Å². The lowest BCUT2D eigenvalue weighted by atomic mass is 10.1. The number of benzene rings is 1. The minimum atomic E-state index is -4.52. The molecule has 0 N–H and O–H groups in total. The first-order valence-electron chi connectivity index (χ1n) is 5.00. The Morgan fingerprint density at radius 1 is 1.39 bits per heavy atom. The topological polar surface area (TPSA) is 26.3 Å². The average molecular weight is 299 g/mol. The standard InChI is InChI=1S/C11H10ClF3O2S/c1-2-17-10(16)9(18-11(13,14)15)7-3-5-8(12)6-4-7/h3-6,9H,2H2,1H3/t9-/m0/s1. The second kappa shape index (κ2) is 6.33. The largest absolute Gasteiger partial charge is 0.465 e. The first-order valence-corrected chi connectivity index (χ1v) is 6.26. The third kappa shape index (κ3) is 4.78.